The summed E-state index contributed by atoms with van der Waals surface area (Å²) in [5.74, 6) is 1.11. The largest absolute Gasteiger partial charge is 0.483 e. The third kappa shape index (κ3) is 5.34. The summed E-state index contributed by atoms with van der Waals surface area (Å²) in [6.45, 7) is 4.15. The lowest BCUT2D eigenvalue weighted by Crippen LogP contribution is -2.22. The first-order valence-corrected chi connectivity index (χ1v) is 9.76. The zero-order valence-corrected chi connectivity index (χ0v) is 16.5. The Morgan fingerprint density at radius 2 is 1.90 bits per heavy atom. The third-order valence-electron chi connectivity index (χ3n) is 5.17. The Hall–Kier alpha value is -2.90. The summed E-state index contributed by atoms with van der Waals surface area (Å²) in [7, 11) is 0. The van der Waals surface area contributed by atoms with Crippen LogP contribution in [0.4, 0.5) is 0 Å². The molecule has 0 radical (unpaired) electrons. The first-order chi connectivity index (χ1) is 14.1. The van der Waals surface area contributed by atoms with E-state index in [1.165, 1.54) is 10.9 Å². The minimum absolute atomic E-state index is 0.230. The molecule has 0 unspecified atom stereocenters. The van der Waals surface area contributed by atoms with Gasteiger partial charge in [-0.05, 0) is 30.2 Å². The number of carbonyl (C=O) groups is 1. The molecule has 3 aromatic rings. The average molecular weight is 394 g/mol. The monoisotopic (exact) mass is 394 g/mol. The van der Waals surface area contributed by atoms with Crippen molar-refractivity contribution in [2.24, 2.45) is 5.92 Å². The molecule has 1 aliphatic rings. The fraction of sp³-hybridized carbons (Fsp3) is 0.364. The van der Waals surface area contributed by atoms with Gasteiger partial charge in [-0.1, -0.05) is 25.1 Å². The first-order valence-electron chi connectivity index (χ1n) is 9.76. The van der Waals surface area contributed by atoms with Crippen molar-refractivity contribution < 1.29 is 15.0 Å². The molecule has 1 aromatic carbocycles. The number of aryl methyl sites for hydroxylation is 1. The van der Waals surface area contributed by atoms with Gasteiger partial charge in [0.25, 0.3) is 6.47 Å². The molecule has 152 valence electrons. The van der Waals surface area contributed by atoms with Gasteiger partial charge >= 0.3 is 0 Å². The Bertz CT molecular complexity index is 945. The fourth-order valence-electron chi connectivity index (χ4n) is 3.82. The van der Waals surface area contributed by atoms with E-state index in [0.29, 0.717) is 6.54 Å². The number of benzene rings is 1. The maximum atomic E-state index is 10.6. The molecule has 0 spiro atoms. The van der Waals surface area contributed by atoms with Gasteiger partial charge < -0.3 is 10.2 Å². The number of β-amino-alcohol motifs (C(OH)–C–C–N with tert-alkyl or cyclic N) is 1. The van der Waals surface area contributed by atoms with Crippen LogP contribution in [0.15, 0.2) is 48.8 Å². The van der Waals surface area contributed by atoms with Crippen molar-refractivity contribution >= 4 is 17.4 Å². The number of para-hydroxylation sites is 1. The normalized spacial score (nSPS) is 19.0. The lowest BCUT2D eigenvalue weighted by molar-refractivity contribution is -0.122. The Balaban J connectivity index is 0.000000755. The van der Waals surface area contributed by atoms with Gasteiger partial charge in [-0.2, -0.15) is 0 Å². The summed E-state index contributed by atoms with van der Waals surface area (Å²) in [6.07, 6.45) is 5.09. The molecule has 1 saturated heterocycles. The van der Waals surface area contributed by atoms with Crippen LogP contribution in [-0.4, -0.2) is 55.7 Å². The molecule has 3 heterocycles. The lowest BCUT2D eigenvalue weighted by Gasteiger charge is -2.16. The second-order valence-corrected chi connectivity index (χ2v) is 7.14. The molecule has 0 bridgehead atoms. The molecule has 29 heavy (non-hydrogen) atoms. The minimum Gasteiger partial charge on any atom is -0.483 e. The number of fused-ring (bicyclic) bond motifs is 1. The number of rotatable bonds is 5. The molecule has 7 nitrogen and oxygen atoms in total. The van der Waals surface area contributed by atoms with Crippen molar-refractivity contribution in [3.63, 3.8) is 0 Å². The van der Waals surface area contributed by atoms with Crippen LogP contribution in [-0.2, 0) is 24.2 Å². The molecule has 1 fully saturated rings. The Labute approximate surface area is 170 Å². The third-order valence-corrected chi connectivity index (χ3v) is 5.17. The van der Waals surface area contributed by atoms with Crippen LogP contribution >= 0.6 is 0 Å². The summed E-state index contributed by atoms with van der Waals surface area (Å²) in [4.78, 5) is 23.9. The van der Waals surface area contributed by atoms with Gasteiger partial charge in [0.15, 0.2) is 0 Å². The van der Waals surface area contributed by atoms with Crippen LogP contribution < -0.4 is 0 Å². The highest BCUT2D eigenvalue weighted by molar-refractivity contribution is 5.81. The van der Waals surface area contributed by atoms with Crippen LogP contribution in [0.1, 0.15) is 24.0 Å². The van der Waals surface area contributed by atoms with Gasteiger partial charge in [-0.15, -0.1) is 0 Å². The number of nitrogens with zero attached hydrogens (tertiary/aromatic N) is 4. The van der Waals surface area contributed by atoms with E-state index in [4.69, 9.17) is 9.90 Å². The number of pyridine rings is 1. The average Bonchev–Trinajstić information content (AvgIpc) is 3.07. The predicted octanol–water partition coefficient (Wildman–Crippen LogP) is 2.32. The number of likely N-dealkylation sites (tertiary alicyclic amines) is 1. The Morgan fingerprint density at radius 3 is 2.69 bits per heavy atom. The van der Waals surface area contributed by atoms with E-state index in [9.17, 15) is 5.11 Å². The van der Waals surface area contributed by atoms with Crippen LogP contribution in [0.5, 0.6) is 0 Å². The SMILES string of the molecule is CCc1nccc(CN2C[C@@H](Cc3ccnc4ccccc34)[C@H](O)C2)n1.O=CO. The van der Waals surface area contributed by atoms with E-state index in [2.05, 4.69) is 38.9 Å². The van der Waals surface area contributed by atoms with Crippen molar-refractivity contribution in [1.29, 1.82) is 0 Å². The molecule has 4 rings (SSSR count). The topological polar surface area (TPSA) is 99.4 Å². The lowest BCUT2D eigenvalue weighted by atomic mass is 9.94. The highest BCUT2D eigenvalue weighted by Gasteiger charge is 2.31. The van der Waals surface area contributed by atoms with E-state index in [0.717, 1.165) is 43.0 Å². The summed E-state index contributed by atoms with van der Waals surface area (Å²) in [5.41, 5.74) is 3.30. The molecule has 2 N–H and O–H groups in total. The van der Waals surface area contributed by atoms with Crippen LogP contribution in [0.2, 0.25) is 0 Å². The number of aliphatic hydroxyl groups excluding tert-OH is 1. The minimum atomic E-state index is -0.311. The van der Waals surface area contributed by atoms with E-state index in [1.807, 2.05) is 36.7 Å². The van der Waals surface area contributed by atoms with E-state index in [1.54, 1.807) is 0 Å². The quantitative estimate of drug-likeness (QED) is 0.641. The van der Waals surface area contributed by atoms with Gasteiger partial charge in [-0.3, -0.25) is 14.7 Å². The number of aliphatic hydroxyl groups is 1. The van der Waals surface area contributed by atoms with Crippen molar-refractivity contribution in [2.45, 2.75) is 32.4 Å². The molecule has 2 atom stereocenters. The van der Waals surface area contributed by atoms with Gasteiger partial charge in [-0.25, -0.2) is 9.97 Å². The second-order valence-electron chi connectivity index (χ2n) is 7.14. The number of aromatic nitrogens is 3. The van der Waals surface area contributed by atoms with Crippen molar-refractivity contribution in [2.75, 3.05) is 13.1 Å². The maximum Gasteiger partial charge on any atom is 0.290 e. The molecule has 0 amide bonds. The summed E-state index contributed by atoms with van der Waals surface area (Å²) >= 11 is 0. The first kappa shape index (κ1) is 20.8. The molecule has 0 saturated carbocycles. The highest BCUT2D eigenvalue weighted by atomic mass is 16.3. The van der Waals surface area contributed by atoms with E-state index >= 15 is 0 Å². The van der Waals surface area contributed by atoms with Crippen molar-refractivity contribution in [3.05, 3.63) is 65.9 Å². The molecule has 0 aliphatic carbocycles. The van der Waals surface area contributed by atoms with Crippen LogP contribution in [0.3, 0.4) is 0 Å². The smallest absolute Gasteiger partial charge is 0.290 e. The zero-order chi connectivity index (χ0) is 20.6. The van der Waals surface area contributed by atoms with Crippen LogP contribution in [0, 0.1) is 5.92 Å². The molecular weight excluding hydrogens is 368 g/mol. The number of carboxylic acid groups (broad SMARTS) is 1. The van der Waals surface area contributed by atoms with Crippen molar-refractivity contribution in [3.8, 4) is 0 Å². The number of hydrogen-bond acceptors (Lipinski definition) is 6. The molecular formula is C22H26N4O3. The van der Waals surface area contributed by atoms with Crippen LogP contribution in [0.25, 0.3) is 10.9 Å². The second kappa shape index (κ2) is 10.0. The molecule has 2 aromatic heterocycles. The maximum absolute atomic E-state index is 10.6. The molecule has 1 aliphatic heterocycles. The fourth-order valence-corrected chi connectivity index (χ4v) is 3.82. The van der Waals surface area contributed by atoms with E-state index in [-0.39, 0.29) is 18.5 Å². The van der Waals surface area contributed by atoms with Gasteiger partial charge in [0.2, 0.25) is 0 Å². The standard InChI is InChI=1S/C21H24N4O.CH2O2/c1-2-21-23-10-8-17(24-21)13-25-12-16(20(26)14-25)11-15-7-9-22-19-6-4-3-5-18(15)19;2-1-3/h3-10,16,20,26H,2,11-14H2,1H3;1H,(H,2,3)/t16-,20-;/m1./s1. The summed E-state index contributed by atoms with van der Waals surface area (Å²) in [5, 5.41) is 18.7. The Morgan fingerprint density at radius 1 is 1.14 bits per heavy atom. The zero-order valence-electron chi connectivity index (χ0n) is 16.5. The highest BCUT2D eigenvalue weighted by Crippen LogP contribution is 2.26. The summed E-state index contributed by atoms with van der Waals surface area (Å²) < 4.78 is 0. The van der Waals surface area contributed by atoms with Gasteiger partial charge in [0, 0.05) is 49.8 Å². The summed E-state index contributed by atoms with van der Waals surface area (Å²) in [6, 6.07) is 12.3. The molecule has 7 heteroatoms. The van der Waals surface area contributed by atoms with Gasteiger partial charge in [0.05, 0.1) is 17.3 Å². The van der Waals surface area contributed by atoms with E-state index < -0.39 is 0 Å². The predicted molar refractivity (Wildman–Crippen MR) is 110 cm³/mol. The number of hydrogen-bond donors (Lipinski definition) is 2. The van der Waals surface area contributed by atoms with Crippen molar-refractivity contribution in [1.82, 2.24) is 19.9 Å². The van der Waals surface area contributed by atoms with Gasteiger partial charge in [0.1, 0.15) is 5.82 Å². The Kier molecular flexibility index (Phi) is 7.21.